The molecule has 5 aromatic rings. The number of nitrogens with zero attached hydrogens (tertiary/aromatic N) is 3. The van der Waals surface area contributed by atoms with E-state index in [2.05, 4.69) is 45.4 Å². The Bertz CT molecular complexity index is 1340. The van der Waals surface area contributed by atoms with Crippen molar-refractivity contribution in [1.82, 2.24) is 19.7 Å². The zero-order valence-electron chi connectivity index (χ0n) is 15.5. The molecule has 0 saturated carbocycles. The van der Waals surface area contributed by atoms with E-state index >= 15 is 0 Å². The van der Waals surface area contributed by atoms with Crippen LogP contribution >= 0.6 is 23.2 Å². The highest BCUT2D eigenvalue weighted by atomic mass is 35.5. The summed E-state index contributed by atoms with van der Waals surface area (Å²) >= 11 is 12.5. The van der Waals surface area contributed by atoms with Crippen LogP contribution in [0, 0.1) is 0 Å². The summed E-state index contributed by atoms with van der Waals surface area (Å²) in [5.41, 5.74) is 6.88. The fourth-order valence-electron chi connectivity index (χ4n) is 3.53. The van der Waals surface area contributed by atoms with Crippen molar-refractivity contribution in [2.75, 3.05) is 0 Å². The lowest BCUT2D eigenvalue weighted by Gasteiger charge is -2.02. The highest BCUT2D eigenvalue weighted by Crippen LogP contribution is 2.34. The second kappa shape index (κ2) is 7.07. The number of aromatic amines is 1. The lowest BCUT2D eigenvalue weighted by Crippen LogP contribution is -1.93. The third-order valence-corrected chi connectivity index (χ3v) is 5.54. The van der Waals surface area contributed by atoms with Crippen molar-refractivity contribution in [3.05, 3.63) is 83.1 Å². The molecule has 29 heavy (non-hydrogen) atoms. The fourth-order valence-corrected chi connectivity index (χ4v) is 3.93. The van der Waals surface area contributed by atoms with Crippen molar-refractivity contribution < 1.29 is 0 Å². The molecule has 0 aliphatic carbocycles. The van der Waals surface area contributed by atoms with E-state index in [9.17, 15) is 0 Å². The van der Waals surface area contributed by atoms with Gasteiger partial charge in [0.25, 0.3) is 0 Å². The van der Waals surface area contributed by atoms with E-state index in [1.165, 1.54) is 0 Å². The molecular weight excluding hydrogens is 403 g/mol. The molecule has 3 aromatic heterocycles. The zero-order valence-corrected chi connectivity index (χ0v) is 17.0. The van der Waals surface area contributed by atoms with Gasteiger partial charge in [-0.2, -0.15) is 5.10 Å². The molecular formula is C23H16Cl2N4. The van der Waals surface area contributed by atoms with E-state index in [4.69, 9.17) is 23.2 Å². The SMILES string of the molecule is Cn1nc(-c2cccnc2)cc1-c1ccc2[nH]c(-c3cc(Cl)ccc3Cl)cc2c1. The number of nitrogens with one attached hydrogen (secondary N) is 1. The standard InChI is InChI=1S/C23H16Cl2N4/c1-29-23(12-21(28-29)15-3-2-8-26-13-15)14-4-7-20-16(9-14)10-22(27-20)18-11-17(24)5-6-19(18)25/h2-13,27H,1H3. The van der Waals surface area contributed by atoms with Gasteiger partial charge in [-0.05, 0) is 54.6 Å². The summed E-state index contributed by atoms with van der Waals surface area (Å²) < 4.78 is 1.89. The molecule has 5 rings (SSSR count). The molecule has 0 aliphatic heterocycles. The lowest BCUT2D eigenvalue weighted by molar-refractivity contribution is 0.779. The van der Waals surface area contributed by atoms with Gasteiger partial charge in [-0.1, -0.05) is 29.3 Å². The van der Waals surface area contributed by atoms with Crippen molar-refractivity contribution in [2.45, 2.75) is 0 Å². The van der Waals surface area contributed by atoms with Crippen LogP contribution in [0.15, 0.2) is 73.1 Å². The number of aromatic nitrogens is 4. The Hall–Kier alpha value is -3.08. The molecule has 6 heteroatoms. The van der Waals surface area contributed by atoms with Crippen molar-refractivity contribution in [3.63, 3.8) is 0 Å². The Labute approximate surface area is 177 Å². The minimum absolute atomic E-state index is 0.654. The maximum atomic E-state index is 6.37. The number of pyridine rings is 1. The summed E-state index contributed by atoms with van der Waals surface area (Å²) in [5.74, 6) is 0. The first-order valence-electron chi connectivity index (χ1n) is 9.11. The first kappa shape index (κ1) is 18.0. The monoisotopic (exact) mass is 418 g/mol. The molecule has 2 aromatic carbocycles. The molecule has 0 fully saturated rings. The predicted octanol–water partition coefficient (Wildman–Crippen LogP) is 6.60. The number of H-pyrrole nitrogens is 1. The molecule has 3 heterocycles. The topological polar surface area (TPSA) is 46.5 Å². The van der Waals surface area contributed by atoms with Crippen LogP contribution in [-0.4, -0.2) is 19.7 Å². The Morgan fingerprint density at radius 3 is 2.66 bits per heavy atom. The summed E-state index contributed by atoms with van der Waals surface area (Å²) in [6, 6.07) is 19.9. The number of fused-ring (bicyclic) bond motifs is 1. The van der Waals surface area contributed by atoms with Crippen molar-refractivity contribution in [3.8, 4) is 33.8 Å². The molecule has 0 amide bonds. The van der Waals surface area contributed by atoms with E-state index in [-0.39, 0.29) is 0 Å². The molecule has 0 bridgehead atoms. The van der Waals surface area contributed by atoms with Gasteiger partial charge in [-0.25, -0.2) is 0 Å². The van der Waals surface area contributed by atoms with Gasteiger partial charge in [-0.3, -0.25) is 9.67 Å². The molecule has 142 valence electrons. The smallest absolute Gasteiger partial charge is 0.0945 e. The van der Waals surface area contributed by atoms with E-state index in [0.717, 1.165) is 44.7 Å². The number of hydrogen-bond acceptors (Lipinski definition) is 2. The van der Waals surface area contributed by atoms with Gasteiger partial charge in [0.05, 0.1) is 11.4 Å². The van der Waals surface area contributed by atoms with E-state index < -0.39 is 0 Å². The highest BCUT2D eigenvalue weighted by Gasteiger charge is 2.12. The molecule has 0 atom stereocenters. The van der Waals surface area contributed by atoms with Gasteiger partial charge >= 0.3 is 0 Å². The zero-order chi connectivity index (χ0) is 20.0. The van der Waals surface area contributed by atoms with Crippen LogP contribution in [0.3, 0.4) is 0 Å². The molecule has 0 spiro atoms. The summed E-state index contributed by atoms with van der Waals surface area (Å²) in [6.45, 7) is 0. The van der Waals surface area contributed by atoms with Crippen LogP contribution in [0.2, 0.25) is 10.0 Å². The van der Waals surface area contributed by atoms with Crippen LogP contribution in [0.4, 0.5) is 0 Å². The minimum atomic E-state index is 0.654. The second-order valence-electron chi connectivity index (χ2n) is 6.89. The van der Waals surface area contributed by atoms with Gasteiger partial charge < -0.3 is 4.98 Å². The maximum Gasteiger partial charge on any atom is 0.0945 e. The Kier molecular flexibility index (Phi) is 4.38. The molecule has 0 saturated heterocycles. The Morgan fingerprint density at radius 1 is 0.931 bits per heavy atom. The number of halogens is 2. The summed E-state index contributed by atoms with van der Waals surface area (Å²) in [4.78, 5) is 7.62. The Morgan fingerprint density at radius 2 is 1.83 bits per heavy atom. The molecule has 1 N–H and O–H groups in total. The van der Waals surface area contributed by atoms with E-state index in [1.54, 1.807) is 12.3 Å². The van der Waals surface area contributed by atoms with Gasteiger partial charge in [0.2, 0.25) is 0 Å². The average Bonchev–Trinajstić information content (AvgIpc) is 3.33. The molecule has 0 aliphatic rings. The first-order chi connectivity index (χ1) is 14.1. The van der Waals surface area contributed by atoms with Crippen LogP contribution in [0.1, 0.15) is 0 Å². The number of rotatable bonds is 3. The van der Waals surface area contributed by atoms with Gasteiger partial charge in [0.15, 0.2) is 0 Å². The van der Waals surface area contributed by atoms with E-state index in [0.29, 0.717) is 10.0 Å². The lowest BCUT2D eigenvalue weighted by atomic mass is 10.1. The summed E-state index contributed by atoms with van der Waals surface area (Å²) in [6.07, 6.45) is 3.58. The first-order valence-corrected chi connectivity index (χ1v) is 9.87. The van der Waals surface area contributed by atoms with Crippen molar-refractivity contribution in [1.29, 1.82) is 0 Å². The molecule has 0 radical (unpaired) electrons. The maximum absolute atomic E-state index is 6.37. The fraction of sp³-hybridized carbons (Fsp3) is 0.0435. The predicted molar refractivity (Wildman–Crippen MR) is 119 cm³/mol. The van der Waals surface area contributed by atoms with Gasteiger partial charge in [-0.15, -0.1) is 0 Å². The van der Waals surface area contributed by atoms with Crippen molar-refractivity contribution >= 4 is 34.1 Å². The van der Waals surface area contributed by atoms with E-state index in [1.807, 2.05) is 42.2 Å². The summed E-state index contributed by atoms with van der Waals surface area (Å²) in [7, 11) is 1.95. The van der Waals surface area contributed by atoms with Gasteiger partial charge in [0.1, 0.15) is 0 Å². The molecule has 0 unspecified atom stereocenters. The number of aryl methyl sites for hydroxylation is 1. The van der Waals surface area contributed by atoms with Gasteiger partial charge in [0, 0.05) is 62.8 Å². The van der Waals surface area contributed by atoms with Crippen molar-refractivity contribution in [2.24, 2.45) is 7.05 Å². The normalized spacial score (nSPS) is 11.3. The minimum Gasteiger partial charge on any atom is -0.354 e. The van der Waals surface area contributed by atoms with Crippen LogP contribution in [0.5, 0.6) is 0 Å². The van der Waals surface area contributed by atoms with Crippen LogP contribution < -0.4 is 0 Å². The number of hydrogen-bond donors (Lipinski definition) is 1. The highest BCUT2D eigenvalue weighted by molar-refractivity contribution is 6.35. The largest absolute Gasteiger partial charge is 0.354 e. The molecule has 4 nitrogen and oxygen atoms in total. The quantitative estimate of drug-likeness (QED) is 0.358. The number of benzene rings is 2. The van der Waals surface area contributed by atoms with Crippen LogP contribution in [-0.2, 0) is 7.05 Å². The third-order valence-electron chi connectivity index (χ3n) is 4.97. The third kappa shape index (κ3) is 3.31. The Balaban J connectivity index is 1.57. The van der Waals surface area contributed by atoms with Crippen LogP contribution in [0.25, 0.3) is 44.7 Å². The summed E-state index contributed by atoms with van der Waals surface area (Å²) in [5, 5.41) is 7.06. The average molecular weight is 419 g/mol. The second-order valence-corrected chi connectivity index (χ2v) is 7.73.